The summed E-state index contributed by atoms with van der Waals surface area (Å²) in [6, 6.07) is 10.1. The third-order valence-electron chi connectivity index (χ3n) is 3.34. The summed E-state index contributed by atoms with van der Waals surface area (Å²) in [7, 11) is 0. The number of thioether (sulfide) groups is 1. The Morgan fingerprint density at radius 2 is 2.04 bits per heavy atom. The normalized spacial score (nSPS) is 11.0. The van der Waals surface area contributed by atoms with Gasteiger partial charge in [0, 0.05) is 17.1 Å². The van der Waals surface area contributed by atoms with E-state index in [0.29, 0.717) is 11.4 Å². The molecule has 0 fully saturated rings. The minimum absolute atomic E-state index is 0.0967. The van der Waals surface area contributed by atoms with Crippen LogP contribution in [0.5, 0.6) is 0 Å². The zero-order valence-electron chi connectivity index (χ0n) is 14.3. The van der Waals surface area contributed by atoms with Crippen molar-refractivity contribution in [3.63, 3.8) is 0 Å². The minimum Gasteiger partial charge on any atom is -0.349 e. The topological polar surface area (TPSA) is 72.7 Å². The van der Waals surface area contributed by atoms with E-state index in [0.717, 1.165) is 21.7 Å². The average molecular weight is 374 g/mol. The highest BCUT2D eigenvalue weighted by molar-refractivity contribution is 7.98. The molecule has 2 aromatic heterocycles. The van der Waals surface area contributed by atoms with Gasteiger partial charge in [0.2, 0.25) is 0 Å². The highest BCUT2D eigenvalue weighted by atomic mass is 32.2. The molecule has 0 bridgehead atoms. The number of benzene rings is 1. The number of nitrogens with zero attached hydrogens (tertiary/aromatic N) is 4. The number of para-hydroxylation sites is 1. The molecule has 0 unspecified atom stereocenters. The first-order chi connectivity index (χ1) is 12.0. The first kappa shape index (κ1) is 17.6. The molecular formula is C17H19N5OS2. The van der Waals surface area contributed by atoms with E-state index in [2.05, 4.69) is 20.5 Å². The Morgan fingerprint density at radius 1 is 1.28 bits per heavy atom. The molecule has 25 heavy (non-hydrogen) atoms. The van der Waals surface area contributed by atoms with Crippen molar-refractivity contribution >= 4 is 29.0 Å². The summed E-state index contributed by atoms with van der Waals surface area (Å²) >= 11 is 3.04. The van der Waals surface area contributed by atoms with Gasteiger partial charge in [-0.2, -0.15) is 0 Å². The van der Waals surface area contributed by atoms with Crippen LogP contribution in [-0.4, -0.2) is 31.7 Å². The van der Waals surface area contributed by atoms with Crippen molar-refractivity contribution in [2.45, 2.75) is 37.7 Å². The van der Waals surface area contributed by atoms with Gasteiger partial charge in [0.1, 0.15) is 16.5 Å². The fraction of sp³-hybridized carbons (Fsp3) is 0.294. The molecule has 0 aliphatic heterocycles. The van der Waals surface area contributed by atoms with Gasteiger partial charge in [0.05, 0.1) is 5.75 Å². The predicted octanol–water partition coefficient (Wildman–Crippen LogP) is 3.46. The fourth-order valence-electron chi connectivity index (χ4n) is 2.25. The van der Waals surface area contributed by atoms with Crippen LogP contribution in [0, 0.1) is 6.92 Å². The Hall–Kier alpha value is -2.19. The third-order valence-corrected chi connectivity index (χ3v) is 5.31. The molecular weight excluding hydrogens is 354 g/mol. The largest absolute Gasteiger partial charge is 0.349 e. The summed E-state index contributed by atoms with van der Waals surface area (Å²) in [6.07, 6.45) is 0. The molecule has 0 aliphatic carbocycles. The number of thiazole rings is 1. The molecule has 6 nitrogen and oxygen atoms in total. The summed E-state index contributed by atoms with van der Waals surface area (Å²) in [6.45, 7) is 5.79. The molecule has 3 rings (SSSR count). The predicted molar refractivity (Wildman–Crippen MR) is 100 cm³/mol. The average Bonchev–Trinajstić information content (AvgIpc) is 3.20. The van der Waals surface area contributed by atoms with E-state index < -0.39 is 0 Å². The maximum atomic E-state index is 12.0. The number of amides is 1. The zero-order chi connectivity index (χ0) is 17.8. The van der Waals surface area contributed by atoms with E-state index in [4.69, 9.17) is 0 Å². The molecule has 8 heteroatoms. The van der Waals surface area contributed by atoms with Crippen LogP contribution in [0.25, 0.3) is 5.69 Å². The molecule has 0 aliphatic rings. The van der Waals surface area contributed by atoms with E-state index in [1.54, 1.807) is 17.1 Å². The highest BCUT2D eigenvalue weighted by Crippen LogP contribution is 2.26. The number of hydrogen-bond donors (Lipinski definition) is 1. The van der Waals surface area contributed by atoms with Crippen LogP contribution in [0.1, 0.15) is 35.2 Å². The lowest BCUT2D eigenvalue weighted by atomic mass is 10.3. The lowest BCUT2D eigenvalue weighted by molar-refractivity contribution is 0.0938. The smallest absolute Gasteiger partial charge is 0.270 e. The van der Waals surface area contributed by atoms with Crippen molar-refractivity contribution < 1.29 is 4.79 Å². The number of rotatable bonds is 6. The molecule has 0 radical (unpaired) electrons. The Kier molecular flexibility index (Phi) is 5.50. The Labute approximate surface area is 154 Å². The first-order valence-corrected chi connectivity index (χ1v) is 9.76. The van der Waals surface area contributed by atoms with Crippen molar-refractivity contribution in [3.8, 4) is 5.69 Å². The van der Waals surface area contributed by atoms with E-state index >= 15 is 0 Å². The molecule has 0 atom stereocenters. The van der Waals surface area contributed by atoms with Gasteiger partial charge in [-0.3, -0.25) is 9.36 Å². The third kappa shape index (κ3) is 4.26. The van der Waals surface area contributed by atoms with Gasteiger partial charge < -0.3 is 5.32 Å². The second-order valence-electron chi connectivity index (χ2n) is 5.74. The molecule has 1 N–H and O–H groups in total. The molecule has 3 aromatic rings. The summed E-state index contributed by atoms with van der Waals surface area (Å²) in [5.74, 6) is 1.35. The Balaban J connectivity index is 1.71. The van der Waals surface area contributed by atoms with E-state index in [9.17, 15) is 4.79 Å². The lowest BCUT2D eigenvalue weighted by Crippen LogP contribution is -2.30. The quantitative estimate of drug-likeness (QED) is 0.670. The van der Waals surface area contributed by atoms with E-state index in [-0.39, 0.29) is 11.9 Å². The highest BCUT2D eigenvalue weighted by Gasteiger charge is 2.14. The van der Waals surface area contributed by atoms with Crippen LogP contribution < -0.4 is 5.32 Å². The van der Waals surface area contributed by atoms with Crippen molar-refractivity contribution in [1.82, 2.24) is 25.1 Å². The van der Waals surface area contributed by atoms with Gasteiger partial charge in [-0.1, -0.05) is 30.0 Å². The summed E-state index contributed by atoms with van der Waals surface area (Å²) in [5.41, 5.74) is 1.50. The summed E-state index contributed by atoms with van der Waals surface area (Å²) in [4.78, 5) is 16.4. The van der Waals surface area contributed by atoms with Crippen LogP contribution in [0.3, 0.4) is 0 Å². The second-order valence-corrected chi connectivity index (χ2v) is 7.63. The maximum absolute atomic E-state index is 12.0. The molecule has 1 amide bonds. The Bertz CT molecular complexity index is 857. The van der Waals surface area contributed by atoms with Crippen molar-refractivity contribution in [3.05, 3.63) is 52.2 Å². The first-order valence-electron chi connectivity index (χ1n) is 7.90. The van der Waals surface area contributed by atoms with Gasteiger partial charge >= 0.3 is 0 Å². The van der Waals surface area contributed by atoms with Crippen LogP contribution in [-0.2, 0) is 5.75 Å². The molecule has 130 valence electrons. The number of carbonyl (C=O) groups is 1. The molecule has 1 aromatic carbocycles. The van der Waals surface area contributed by atoms with Crippen molar-refractivity contribution in [2.75, 3.05) is 0 Å². The second kappa shape index (κ2) is 7.79. The van der Waals surface area contributed by atoms with Crippen LogP contribution in [0.2, 0.25) is 0 Å². The van der Waals surface area contributed by atoms with Crippen LogP contribution >= 0.6 is 23.1 Å². The summed E-state index contributed by atoms with van der Waals surface area (Å²) in [5, 5.41) is 14.8. The van der Waals surface area contributed by atoms with Crippen molar-refractivity contribution in [1.29, 1.82) is 0 Å². The van der Waals surface area contributed by atoms with Crippen LogP contribution in [0.4, 0.5) is 0 Å². The van der Waals surface area contributed by atoms with E-state index in [1.807, 2.05) is 55.7 Å². The number of hydrogen-bond acceptors (Lipinski definition) is 6. The molecule has 0 saturated heterocycles. The van der Waals surface area contributed by atoms with Gasteiger partial charge in [-0.15, -0.1) is 21.5 Å². The van der Waals surface area contributed by atoms with Gasteiger partial charge in [0.25, 0.3) is 5.91 Å². The Morgan fingerprint density at radius 3 is 2.76 bits per heavy atom. The van der Waals surface area contributed by atoms with Crippen LogP contribution in [0.15, 0.2) is 40.9 Å². The monoisotopic (exact) mass is 373 g/mol. The van der Waals surface area contributed by atoms with Crippen molar-refractivity contribution in [2.24, 2.45) is 0 Å². The fourth-order valence-corrected chi connectivity index (χ4v) is 4.04. The lowest BCUT2D eigenvalue weighted by Gasteiger charge is -2.07. The number of nitrogens with one attached hydrogen (secondary N) is 1. The zero-order valence-corrected chi connectivity index (χ0v) is 15.9. The minimum atomic E-state index is -0.134. The number of carbonyl (C=O) groups excluding carboxylic acids is 1. The molecule has 0 spiro atoms. The standard InChI is InChI=1S/C17H19N5OS2/c1-11(2)18-16(23)14-9-24-15(19-14)10-25-17-21-20-12(3)22(17)13-7-5-4-6-8-13/h4-9,11H,10H2,1-3H3,(H,18,23). The number of aromatic nitrogens is 4. The molecule has 2 heterocycles. The number of aryl methyl sites for hydroxylation is 1. The molecule has 0 saturated carbocycles. The SMILES string of the molecule is Cc1nnc(SCc2nc(C(=O)NC(C)C)cs2)n1-c1ccccc1. The van der Waals surface area contributed by atoms with Gasteiger partial charge in [-0.05, 0) is 32.9 Å². The maximum Gasteiger partial charge on any atom is 0.270 e. The summed E-state index contributed by atoms with van der Waals surface area (Å²) < 4.78 is 2.02. The van der Waals surface area contributed by atoms with E-state index in [1.165, 1.54) is 11.3 Å². The van der Waals surface area contributed by atoms with Gasteiger partial charge in [-0.25, -0.2) is 4.98 Å². The van der Waals surface area contributed by atoms with Gasteiger partial charge in [0.15, 0.2) is 5.16 Å².